The van der Waals surface area contributed by atoms with Crippen molar-refractivity contribution in [3.05, 3.63) is 46.0 Å². The van der Waals surface area contributed by atoms with Crippen molar-refractivity contribution in [3.63, 3.8) is 0 Å². The zero-order chi connectivity index (χ0) is 12.4. The average molecular weight is 228 g/mol. The van der Waals surface area contributed by atoms with E-state index in [0.717, 1.165) is 0 Å². The molecule has 6 heteroatoms. The minimum absolute atomic E-state index is 0.0128. The van der Waals surface area contributed by atoms with Crippen LogP contribution in [0.1, 0.15) is 16.1 Å². The molecule has 2 aromatic rings. The number of azide groups is 1. The monoisotopic (exact) mass is 228 g/mol. The Morgan fingerprint density at radius 3 is 3.00 bits per heavy atom. The lowest BCUT2D eigenvalue weighted by Crippen LogP contribution is -1.98. The number of aromatic nitrogens is 1. The molecule has 6 nitrogen and oxygen atoms in total. The van der Waals surface area contributed by atoms with Crippen molar-refractivity contribution in [2.45, 2.75) is 6.92 Å². The van der Waals surface area contributed by atoms with Gasteiger partial charge in [-0.3, -0.25) is 4.79 Å². The van der Waals surface area contributed by atoms with Crippen molar-refractivity contribution in [1.82, 2.24) is 4.98 Å². The molecular weight excluding hydrogens is 220 g/mol. The number of nitrogens with zero attached hydrogens (tertiary/aromatic N) is 4. The normalized spacial score (nSPS) is 9.94. The van der Waals surface area contributed by atoms with E-state index in [2.05, 4.69) is 15.0 Å². The van der Waals surface area contributed by atoms with E-state index in [1.165, 1.54) is 12.1 Å². The summed E-state index contributed by atoms with van der Waals surface area (Å²) >= 11 is 0. The van der Waals surface area contributed by atoms with Gasteiger partial charge >= 0.3 is 0 Å². The van der Waals surface area contributed by atoms with Gasteiger partial charge in [-0.05, 0) is 29.7 Å². The van der Waals surface area contributed by atoms with Gasteiger partial charge in [0, 0.05) is 21.6 Å². The van der Waals surface area contributed by atoms with Gasteiger partial charge in [-0.15, -0.1) is 0 Å². The highest BCUT2D eigenvalue weighted by Gasteiger charge is 2.12. The van der Waals surface area contributed by atoms with Crippen LogP contribution in [0.3, 0.4) is 0 Å². The number of rotatable bonds is 1. The molecule has 0 fully saturated rings. The SMILES string of the molecule is Cc1cc(C(=O)N=[N+]=[N-])c2cccc(O)c2n1. The molecule has 0 saturated heterocycles. The van der Waals surface area contributed by atoms with Crippen LogP contribution in [0, 0.1) is 6.92 Å². The van der Waals surface area contributed by atoms with Crippen molar-refractivity contribution >= 4 is 16.8 Å². The summed E-state index contributed by atoms with van der Waals surface area (Å²) in [6, 6.07) is 6.25. The smallest absolute Gasteiger partial charge is 0.249 e. The third-order valence-electron chi connectivity index (χ3n) is 2.31. The van der Waals surface area contributed by atoms with Crippen LogP contribution >= 0.6 is 0 Å². The molecule has 84 valence electrons. The van der Waals surface area contributed by atoms with Crippen molar-refractivity contribution in [3.8, 4) is 5.75 Å². The van der Waals surface area contributed by atoms with Crippen molar-refractivity contribution in [2.75, 3.05) is 0 Å². The molecule has 0 aliphatic heterocycles. The van der Waals surface area contributed by atoms with E-state index in [1.54, 1.807) is 19.1 Å². The van der Waals surface area contributed by atoms with Gasteiger partial charge in [-0.2, -0.15) is 0 Å². The number of phenolic OH excluding ortho intramolecular Hbond substituents is 1. The summed E-state index contributed by atoms with van der Waals surface area (Å²) in [7, 11) is 0. The Balaban J connectivity index is 2.83. The highest BCUT2D eigenvalue weighted by molar-refractivity contribution is 6.07. The minimum atomic E-state index is -0.686. The number of para-hydroxylation sites is 1. The Hall–Kier alpha value is -2.59. The number of fused-ring (bicyclic) bond motifs is 1. The van der Waals surface area contributed by atoms with Crippen LogP contribution in [0.15, 0.2) is 29.4 Å². The van der Waals surface area contributed by atoms with Crippen molar-refractivity contribution in [1.29, 1.82) is 0 Å². The van der Waals surface area contributed by atoms with E-state index in [1.807, 2.05) is 0 Å². The Morgan fingerprint density at radius 2 is 2.29 bits per heavy atom. The second-order valence-electron chi connectivity index (χ2n) is 3.48. The molecular formula is C11H8N4O2. The molecule has 1 amide bonds. The Kier molecular flexibility index (Phi) is 2.64. The molecule has 0 atom stereocenters. The van der Waals surface area contributed by atoms with Gasteiger partial charge in [0.2, 0.25) is 5.91 Å². The van der Waals surface area contributed by atoms with E-state index in [-0.39, 0.29) is 11.3 Å². The van der Waals surface area contributed by atoms with Crippen LogP contribution in [0.2, 0.25) is 0 Å². The molecule has 1 aromatic carbocycles. The maximum Gasteiger partial charge on any atom is 0.249 e. The molecule has 1 aromatic heterocycles. The molecule has 17 heavy (non-hydrogen) atoms. The van der Waals surface area contributed by atoms with E-state index in [9.17, 15) is 9.90 Å². The fourth-order valence-electron chi connectivity index (χ4n) is 1.63. The quantitative estimate of drug-likeness (QED) is 0.461. The van der Waals surface area contributed by atoms with Gasteiger partial charge < -0.3 is 5.11 Å². The summed E-state index contributed by atoms with van der Waals surface area (Å²) in [4.78, 5) is 18.2. The summed E-state index contributed by atoms with van der Waals surface area (Å²) in [5.41, 5.74) is 9.39. The van der Waals surface area contributed by atoms with Gasteiger partial charge in [0.05, 0.1) is 0 Å². The standard InChI is InChI=1S/C11H8N4O2/c1-6-5-8(11(17)14-15-12)7-3-2-4-9(16)10(7)13-6/h2-5,16H,1H3. The maximum absolute atomic E-state index is 11.6. The molecule has 0 saturated carbocycles. The van der Waals surface area contributed by atoms with Crippen LogP contribution in [0.5, 0.6) is 5.75 Å². The molecule has 0 aliphatic carbocycles. The van der Waals surface area contributed by atoms with Crippen LogP contribution in [-0.2, 0) is 0 Å². The van der Waals surface area contributed by atoms with E-state index < -0.39 is 5.91 Å². The second-order valence-corrected chi connectivity index (χ2v) is 3.48. The molecule has 0 aliphatic rings. The summed E-state index contributed by atoms with van der Waals surface area (Å²) in [5, 5.41) is 13.2. The van der Waals surface area contributed by atoms with Crippen LogP contribution in [0.25, 0.3) is 21.3 Å². The van der Waals surface area contributed by atoms with Gasteiger partial charge in [0.25, 0.3) is 0 Å². The fraction of sp³-hybridized carbons (Fsp3) is 0.0909. The predicted molar refractivity (Wildman–Crippen MR) is 61.6 cm³/mol. The topological polar surface area (TPSA) is 99.0 Å². The third kappa shape index (κ3) is 1.89. The molecule has 0 bridgehead atoms. The lowest BCUT2D eigenvalue weighted by Gasteiger charge is -2.05. The van der Waals surface area contributed by atoms with E-state index in [4.69, 9.17) is 5.53 Å². The van der Waals surface area contributed by atoms with Gasteiger partial charge in [-0.25, -0.2) is 4.98 Å². The molecule has 1 heterocycles. The number of carbonyl (C=O) groups excluding carboxylic acids is 1. The molecule has 0 spiro atoms. The summed E-state index contributed by atoms with van der Waals surface area (Å²) in [6.07, 6.45) is 0. The first kappa shape index (κ1) is 10.9. The summed E-state index contributed by atoms with van der Waals surface area (Å²) in [6.45, 7) is 1.69. The zero-order valence-corrected chi connectivity index (χ0v) is 8.95. The molecule has 0 unspecified atom stereocenters. The van der Waals surface area contributed by atoms with Crippen LogP contribution in [0.4, 0.5) is 0 Å². The molecule has 0 radical (unpaired) electrons. The number of carbonyl (C=O) groups is 1. The summed E-state index contributed by atoms with van der Waals surface area (Å²) < 4.78 is 0. The Bertz CT molecular complexity index is 660. The number of aromatic hydroxyl groups is 1. The Morgan fingerprint density at radius 1 is 1.53 bits per heavy atom. The number of aryl methyl sites for hydroxylation is 1. The largest absolute Gasteiger partial charge is 0.506 e. The lowest BCUT2D eigenvalue weighted by atomic mass is 10.1. The first-order valence-corrected chi connectivity index (χ1v) is 4.82. The van der Waals surface area contributed by atoms with Crippen molar-refractivity contribution < 1.29 is 9.90 Å². The number of pyridine rings is 1. The van der Waals surface area contributed by atoms with Crippen LogP contribution in [-0.4, -0.2) is 16.0 Å². The van der Waals surface area contributed by atoms with Crippen molar-refractivity contribution in [2.24, 2.45) is 5.11 Å². The number of hydrogen-bond donors (Lipinski definition) is 1. The highest BCUT2D eigenvalue weighted by Crippen LogP contribution is 2.26. The molecule has 2 rings (SSSR count). The van der Waals surface area contributed by atoms with Gasteiger partial charge in [0.1, 0.15) is 11.3 Å². The first-order chi connectivity index (χ1) is 8.13. The lowest BCUT2D eigenvalue weighted by molar-refractivity contribution is 0.100. The number of hydrogen-bond acceptors (Lipinski definition) is 3. The highest BCUT2D eigenvalue weighted by atomic mass is 16.3. The minimum Gasteiger partial charge on any atom is -0.506 e. The van der Waals surface area contributed by atoms with Crippen LogP contribution < -0.4 is 0 Å². The maximum atomic E-state index is 11.6. The zero-order valence-electron chi connectivity index (χ0n) is 8.95. The van der Waals surface area contributed by atoms with Gasteiger partial charge in [0.15, 0.2) is 0 Å². The predicted octanol–water partition coefficient (Wildman–Crippen LogP) is 2.70. The second kappa shape index (κ2) is 4.11. The number of benzene rings is 1. The van der Waals surface area contributed by atoms with E-state index in [0.29, 0.717) is 16.6 Å². The van der Waals surface area contributed by atoms with Gasteiger partial charge in [-0.1, -0.05) is 12.1 Å². The number of amides is 1. The van der Waals surface area contributed by atoms with E-state index >= 15 is 0 Å². The number of phenols is 1. The average Bonchev–Trinajstić information content (AvgIpc) is 2.30. The third-order valence-corrected chi connectivity index (χ3v) is 2.31. The molecule has 1 N–H and O–H groups in total. The summed E-state index contributed by atoms with van der Waals surface area (Å²) in [5.74, 6) is -0.699. The Labute approximate surface area is 96.2 Å². The first-order valence-electron chi connectivity index (χ1n) is 4.82. The fourth-order valence-corrected chi connectivity index (χ4v) is 1.63.